The Bertz CT molecular complexity index is 976. The molecule has 34 heavy (non-hydrogen) atoms. The van der Waals surface area contributed by atoms with Crippen molar-refractivity contribution in [2.45, 2.75) is 71.2 Å². The van der Waals surface area contributed by atoms with Crippen LogP contribution in [0.3, 0.4) is 0 Å². The van der Waals surface area contributed by atoms with Crippen molar-refractivity contribution >= 4 is 12.0 Å². The number of rotatable bonds is 11. The molecule has 1 aromatic carbocycles. The summed E-state index contributed by atoms with van der Waals surface area (Å²) in [6.45, 7) is 8.46. The van der Waals surface area contributed by atoms with Gasteiger partial charge in [0.1, 0.15) is 5.82 Å². The van der Waals surface area contributed by atoms with Crippen LogP contribution >= 0.6 is 0 Å². The molecule has 1 heterocycles. The summed E-state index contributed by atoms with van der Waals surface area (Å²) >= 11 is 0. The first kappa shape index (κ1) is 30.4. The third-order valence-corrected chi connectivity index (χ3v) is 5.31. The molecule has 0 amide bonds. The monoisotopic (exact) mass is 481 g/mol. The fourth-order valence-corrected chi connectivity index (χ4v) is 3.84. The molecule has 0 unspecified atom stereocenters. The second-order valence-corrected chi connectivity index (χ2v) is 8.79. The number of ether oxygens (including phenoxy) is 1. The molecule has 2 aromatic rings. The third kappa shape index (κ3) is 8.26. The molecule has 0 saturated heterocycles. The Balaban J connectivity index is 0.00000578. The van der Waals surface area contributed by atoms with E-state index in [1.54, 1.807) is 25.3 Å². The number of aliphatic hydroxyl groups excluding tert-OH is 2. The van der Waals surface area contributed by atoms with E-state index >= 15 is 0 Å². The van der Waals surface area contributed by atoms with Crippen LogP contribution in [0.5, 0.6) is 0 Å². The average Bonchev–Trinajstić information content (AvgIpc) is 2.72. The van der Waals surface area contributed by atoms with Crippen molar-refractivity contribution in [1.82, 2.24) is 4.98 Å². The van der Waals surface area contributed by atoms with Crippen LogP contribution in [-0.4, -0.2) is 40.5 Å². The maximum Gasteiger partial charge on any atom is 1.00 e. The first-order chi connectivity index (χ1) is 15.5. The molecule has 0 saturated carbocycles. The van der Waals surface area contributed by atoms with Gasteiger partial charge in [0.2, 0.25) is 0 Å². The van der Waals surface area contributed by atoms with Crippen molar-refractivity contribution < 1.29 is 58.8 Å². The molecule has 0 aliphatic heterocycles. The first-order valence-corrected chi connectivity index (χ1v) is 11.1. The number of carbonyl (C=O) groups excluding carboxylic acids is 1. The Labute approximate surface area is 223 Å². The van der Waals surface area contributed by atoms with Gasteiger partial charge in [0.05, 0.1) is 24.5 Å². The van der Waals surface area contributed by atoms with Gasteiger partial charge in [0.15, 0.2) is 0 Å². The number of carboxylic acids is 1. The van der Waals surface area contributed by atoms with Crippen molar-refractivity contribution in [3.05, 3.63) is 58.7 Å². The summed E-state index contributed by atoms with van der Waals surface area (Å²) in [5, 5.41) is 30.9. The van der Waals surface area contributed by atoms with E-state index in [0.29, 0.717) is 6.61 Å². The molecule has 0 aliphatic carbocycles. The summed E-state index contributed by atoms with van der Waals surface area (Å²) in [5.41, 5.74) is 4.99. The number of benzene rings is 1. The van der Waals surface area contributed by atoms with Gasteiger partial charge in [-0.05, 0) is 35.1 Å². The molecule has 0 spiro atoms. The van der Waals surface area contributed by atoms with Crippen molar-refractivity contribution in [3.8, 4) is 11.1 Å². The first-order valence-electron chi connectivity index (χ1n) is 11.1. The zero-order valence-corrected chi connectivity index (χ0v) is 22.8. The topological polar surface area (TPSA) is 103 Å². The number of hydrogen-bond donors (Lipinski definition) is 2. The Morgan fingerprint density at radius 1 is 1.12 bits per heavy atom. The maximum absolute atomic E-state index is 13.7. The number of aliphatic hydroxyl groups is 2. The number of aliphatic carboxylic acids is 1. The third-order valence-electron chi connectivity index (χ3n) is 5.31. The van der Waals surface area contributed by atoms with Crippen LogP contribution in [0.15, 0.2) is 30.3 Å². The van der Waals surface area contributed by atoms with E-state index in [9.17, 15) is 24.5 Å². The Morgan fingerprint density at radius 3 is 2.21 bits per heavy atom. The average molecular weight is 482 g/mol. The normalized spacial score (nSPS) is 13.4. The van der Waals surface area contributed by atoms with E-state index in [4.69, 9.17) is 9.72 Å². The maximum atomic E-state index is 13.7. The quantitative estimate of drug-likeness (QED) is 0.455. The molecule has 2 N–H and O–H groups in total. The van der Waals surface area contributed by atoms with E-state index in [0.717, 1.165) is 33.6 Å². The number of carboxylic acid groups (broad SMARTS) is 1. The number of methoxy groups -OCH3 is 1. The summed E-state index contributed by atoms with van der Waals surface area (Å²) in [6.07, 6.45) is 0.264. The number of hydrogen-bond acceptors (Lipinski definition) is 6. The molecule has 0 fully saturated rings. The summed E-state index contributed by atoms with van der Waals surface area (Å²) < 4.78 is 19.2. The minimum Gasteiger partial charge on any atom is -0.550 e. The van der Waals surface area contributed by atoms with E-state index in [1.807, 2.05) is 13.8 Å². The summed E-state index contributed by atoms with van der Waals surface area (Å²) in [7, 11) is 1.60. The molecule has 2 rings (SSSR count). The molecule has 8 heteroatoms. The number of nitrogens with zero attached hydrogens (tertiary/aromatic N) is 1. The second kappa shape index (κ2) is 14.1. The van der Waals surface area contributed by atoms with Crippen molar-refractivity contribution in [1.29, 1.82) is 0 Å². The minimum atomic E-state index is -1.38. The number of pyridine rings is 1. The smallest absolute Gasteiger partial charge is 0.550 e. The van der Waals surface area contributed by atoms with Gasteiger partial charge in [-0.25, -0.2) is 4.39 Å². The Kier molecular flexibility index (Phi) is 12.6. The van der Waals surface area contributed by atoms with Crippen LogP contribution in [0.1, 0.15) is 74.9 Å². The van der Waals surface area contributed by atoms with Crippen LogP contribution in [-0.2, 0) is 16.1 Å². The van der Waals surface area contributed by atoms with E-state index in [1.165, 1.54) is 18.2 Å². The van der Waals surface area contributed by atoms with Crippen LogP contribution in [0.25, 0.3) is 17.2 Å². The van der Waals surface area contributed by atoms with E-state index < -0.39 is 24.6 Å². The van der Waals surface area contributed by atoms with Gasteiger partial charge in [0, 0.05) is 42.7 Å². The van der Waals surface area contributed by atoms with Gasteiger partial charge in [-0.2, -0.15) is 0 Å². The Morgan fingerprint density at radius 2 is 1.71 bits per heavy atom. The van der Waals surface area contributed by atoms with Crippen LogP contribution < -0.4 is 34.7 Å². The minimum absolute atomic E-state index is 0. The summed E-state index contributed by atoms with van der Waals surface area (Å²) in [6, 6.07) is 6.20. The molecule has 180 valence electrons. The van der Waals surface area contributed by atoms with E-state index in [2.05, 4.69) is 13.8 Å². The van der Waals surface area contributed by atoms with Gasteiger partial charge in [-0.3, -0.25) is 4.98 Å². The Hall–Kier alpha value is -1.61. The van der Waals surface area contributed by atoms with Gasteiger partial charge in [0.25, 0.3) is 0 Å². The SMILES string of the molecule is COCc1c(C(C)C)nc(C(C)C)c(/C=C\[C@@H](O)C[C@@H](O)CC(=O)[O-])c1-c1ccc(F)cc1.[Na+]. The fraction of sp³-hybridized carbons (Fsp3) is 0.462. The standard InChI is InChI=1S/C26H34FNO5.Na/c1-15(2)25-21(11-10-19(29)12-20(30)13-23(31)32)24(17-6-8-18(27)9-7-17)22(14-33-5)26(28-25)16(3)4;/h6-11,15-16,19-20,29-30H,12-14H2,1-5H3,(H,31,32);/q;+1/p-1/b11-10-;/t19-,20-;/m1./s1. The van der Waals surface area contributed by atoms with Gasteiger partial charge < -0.3 is 24.9 Å². The van der Waals surface area contributed by atoms with Gasteiger partial charge in [-0.15, -0.1) is 0 Å². The molecule has 6 nitrogen and oxygen atoms in total. The van der Waals surface area contributed by atoms with Crippen LogP contribution in [0.4, 0.5) is 4.39 Å². The summed E-state index contributed by atoms with van der Waals surface area (Å²) in [4.78, 5) is 15.6. The largest absolute Gasteiger partial charge is 1.00 e. The molecule has 0 bridgehead atoms. The molecule has 1 aromatic heterocycles. The number of aromatic nitrogens is 1. The molecular weight excluding hydrogens is 448 g/mol. The summed E-state index contributed by atoms with van der Waals surface area (Å²) in [5.74, 6) is -1.55. The predicted octanol–water partition coefficient (Wildman–Crippen LogP) is 0.550. The van der Waals surface area contributed by atoms with Crippen LogP contribution in [0, 0.1) is 5.82 Å². The van der Waals surface area contributed by atoms with Crippen molar-refractivity contribution in [2.24, 2.45) is 0 Å². The molecule has 0 aliphatic rings. The molecular formula is C26H33FNNaO5. The molecule has 0 radical (unpaired) electrons. The zero-order chi connectivity index (χ0) is 24.7. The molecule has 2 atom stereocenters. The second-order valence-electron chi connectivity index (χ2n) is 8.79. The van der Waals surface area contributed by atoms with Crippen molar-refractivity contribution in [3.63, 3.8) is 0 Å². The fourth-order valence-electron chi connectivity index (χ4n) is 3.84. The van der Waals surface area contributed by atoms with Gasteiger partial charge in [-0.1, -0.05) is 52.0 Å². The van der Waals surface area contributed by atoms with Crippen molar-refractivity contribution in [2.75, 3.05) is 7.11 Å². The van der Waals surface area contributed by atoms with E-state index in [-0.39, 0.29) is 53.6 Å². The predicted molar refractivity (Wildman–Crippen MR) is 124 cm³/mol. The van der Waals surface area contributed by atoms with Gasteiger partial charge >= 0.3 is 29.6 Å². The van der Waals surface area contributed by atoms with Crippen LogP contribution in [0.2, 0.25) is 0 Å². The zero-order valence-electron chi connectivity index (χ0n) is 20.8. The number of halogens is 1. The number of carbonyl (C=O) groups is 1.